The molecule has 0 aromatic heterocycles. The predicted molar refractivity (Wildman–Crippen MR) is 82.7 cm³/mol. The molecule has 0 heterocycles. The number of benzene rings is 1. The Morgan fingerprint density at radius 1 is 1.36 bits per heavy atom. The van der Waals surface area contributed by atoms with Crippen molar-refractivity contribution in [3.05, 3.63) is 34.4 Å². The van der Waals surface area contributed by atoms with Gasteiger partial charge in [0.25, 0.3) is 11.6 Å². The summed E-state index contributed by atoms with van der Waals surface area (Å²) < 4.78 is 5.01. The quantitative estimate of drug-likeness (QED) is 0.340. The number of nitro benzene ring substituents is 1. The molecule has 1 N–H and O–H groups in total. The molecule has 7 nitrogen and oxygen atoms in total. The smallest absolute Gasteiger partial charge is 0.317 e. The topological polar surface area (TPSA) is 98.5 Å². The van der Waals surface area contributed by atoms with Gasteiger partial charge in [-0.3, -0.25) is 19.7 Å². The second-order valence-electron chi connectivity index (χ2n) is 4.46. The van der Waals surface area contributed by atoms with E-state index in [0.717, 1.165) is 6.42 Å². The van der Waals surface area contributed by atoms with Crippen molar-refractivity contribution in [2.45, 2.75) is 31.3 Å². The van der Waals surface area contributed by atoms with E-state index in [1.807, 2.05) is 6.92 Å². The molecule has 0 spiro atoms. The van der Waals surface area contributed by atoms with Crippen LogP contribution in [0.5, 0.6) is 0 Å². The number of hydrogen-bond donors (Lipinski definition) is 1. The molecule has 0 saturated carbocycles. The summed E-state index contributed by atoms with van der Waals surface area (Å²) in [5.41, 5.74) is -0.00635. The third kappa shape index (κ3) is 6.13. The molecule has 1 rings (SSSR count). The molecule has 0 bridgehead atoms. The van der Waals surface area contributed by atoms with Crippen LogP contribution >= 0.6 is 11.8 Å². The van der Waals surface area contributed by atoms with Crippen molar-refractivity contribution in [1.82, 2.24) is 5.32 Å². The van der Waals surface area contributed by atoms with Gasteiger partial charge in [0, 0.05) is 23.6 Å². The number of hydrogen-bond acceptors (Lipinski definition) is 6. The van der Waals surface area contributed by atoms with Crippen LogP contribution in [0, 0.1) is 10.1 Å². The summed E-state index contributed by atoms with van der Waals surface area (Å²) in [7, 11) is 0. The van der Waals surface area contributed by atoms with E-state index in [4.69, 9.17) is 4.74 Å². The number of rotatable bonds is 8. The van der Waals surface area contributed by atoms with Gasteiger partial charge >= 0.3 is 5.97 Å². The Morgan fingerprint density at radius 2 is 2.00 bits per heavy atom. The molecule has 120 valence electrons. The highest BCUT2D eigenvalue weighted by molar-refractivity contribution is 8.00. The maximum absolute atomic E-state index is 11.6. The number of carbonyl (C=O) groups excluding carboxylic acids is 2. The molecular formula is C14H18N2O5S. The van der Waals surface area contributed by atoms with E-state index < -0.39 is 17.0 Å². The number of amides is 1. The molecule has 0 unspecified atom stereocenters. The maximum atomic E-state index is 11.6. The van der Waals surface area contributed by atoms with Crippen LogP contribution in [0.2, 0.25) is 0 Å². The van der Waals surface area contributed by atoms with Gasteiger partial charge in [0.15, 0.2) is 6.10 Å². The molecule has 0 saturated heterocycles. The number of ether oxygens (including phenoxy) is 1. The summed E-state index contributed by atoms with van der Waals surface area (Å²) in [6.07, 6.45) is -0.0286. The standard InChI is InChI=1S/C14H18N2O5S/c1-3-8-15-14(18)10(2)21-13(17)9-22-12-6-4-11(5-7-12)16(19)20/h4-7,10H,3,8-9H2,1-2H3,(H,15,18)/t10-/m1/s1. The molecule has 1 amide bonds. The average Bonchev–Trinajstić information content (AvgIpc) is 2.50. The summed E-state index contributed by atoms with van der Waals surface area (Å²) in [6.45, 7) is 3.98. The van der Waals surface area contributed by atoms with Crippen LogP contribution in [0.1, 0.15) is 20.3 Å². The first kappa shape index (κ1) is 18.0. The minimum Gasteiger partial charge on any atom is -0.452 e. The van der Waals surface area contributed by atoms with Crippen molar-refractivity contribution in [1.29, 1.82) is 0 Å². The molecule has 8 heteroatoms. The van der Waals surface area contributed by atoms with Crippen LogP contribution in [0.25, 0.3) is 0 Å². The highest BCUT2D eigenvalue weighted by Gasteiger charge is 2.17. The molecule has 0 aliphatic heterocycles. The van der Waals surface area contributed by atoms with Crippen molar-refractivity contribution in [2.75, 3.05) is 12.3 Å². The van der Waals surface area contributed by atoms with Crippen molar-refractivity contribution in [3.8, 4) is 0 Å². The van der Waals surface area contributed by atoms with Gasteiger partial charge in [0.05, 0.1) is 10.7 Å². The first-order valence-electron chi connectivity index (χ1n) is 6.78. The Hall–Kier alpha value is -2.09. The Labute approximate surface area is 132 Å². The van der Waals surface area contributed by atoms with E-state index in [1.54, 1.807) is 12.1 Å². The first-order chi connectivity index (χ1) is 10.4. The van der Waals surface area contributed by atoms with E-state index >= 15 is 0 Å². The summed E-state index contributed by atoms with van der Waals surface area (Å²) >= 11 is 1.19. The number of nitrogens with one attached hydrogen (secondary N) is 1. The van der Waals surface area contributed by atoms with Gasteiger partial charge in [-0.25, -0.2) is 0 Å². The fraction of sp³-hybridized carbons (Fsp3) is 0.429. The van der Waals surface area contributed by atoms with Crippen LogP contribution in [0.4, 0.5) is 5.69 Å². The zero-order chi connectivity index (χ0) is 16.5. The molecule has 0 aliphatic rings. The second kappa shape index (κ2) is 9.04. The van der Waals surface area contributed by atoms with E-state index in [-0.39, 0.29) is 17.3 Å². The fourth-order valence-electron chi connectivity index (χ4n) is 1.48. The average molecular weight is 326 g/mol. The van der Waals surface area contributed by atoms with Crippen molar-refractivity contribution in [3.63, 3.8) is 0 Å². The van der Waals surface area contributed by atoms with E-state index in [2.05, 4.69) is 5.32 Å². The van der Waals surface area contributed by atoms with Crippen molar-refractivity contribution < 1.29 is 19.2 Å². The Morgan fingerprint density at radius 3 is 2.55 bits per heavy atom. The summed E-state index contributed by atoms with van der Waals surface area (Å²) in [4.78, 5) is 34.0. The maximum Gasteiger partial charge on any atom is 0.317 e. The fourth-order valence-corrected chi connectivity index (χ4v) is 2.16. The van der Waals surface area contributed by atoms with E-state index in [9.17, 15) is 19.7 Å². The Kier molecular flexibility index (Phi) is 7.38. The van der Waals surface area contributed by atoms with Crippen LogP contribution < -0.4 is 5.32 Å². The monoisotopic (exact) mass is 326 g/mol. The lowest BCUT2D eigenvalue weighted by Crippen LogP contribution is -2.36. The lowest BCUT2D eigenvalue weighted by Gasteiger charge is -2.12. The third-order valence-electron chi connectivity index (χ3n) is 2.63. The number of nitrogens with zero attached hydrogens (tertiary/aromatic N) is 1. The van der Waals surface area contributed by atoms with Gasteiger partial charge in [-0.2, -0.15) is 0 Å². The van der Waals surface area contributed by atoms with Crippen LogP contribution in [0.3, 0.4) is 0 Å². The highest BCUT2D eigenvalue weighted by atomic mass is 32.2. The SMILES string of the molecule is CCCNC(=O)[C@@H](C)OC(=O)CSc1ccc([N+](=O)[O-])cc1. The minimum absolute atomic E-state index is 0.00635. The first-order valence-corrected chi connectivity index (χ1v) is 7.77. The molecule has 22 heavy (non-hydrogen) atoms. The van der Waals surface area contributed by atoms with Crippen molar-refractivity contribution >= 4 is 29.3 Å². The van der Waals surface area contributed by atoms with Gasteiger partial charge in [0.1, 0.15) is 0 Å². The zero-order valence-electron chi connectivity index (χ0n) is 12.4. The van der Waals surface area contributed by atoms with Gasteiger partial charge in [0.2, 0.25) is 0 Å². The van der Waals surface area contributed by atoms with E-state index in [0.29, 0.717) is 11.4 Å². The number of non-ortho nitro benzene ring substituents is 1. The van der Waals surface area contributed by atoms with E-state index in [1.165, 1.54) is 30.8 Å². The number of carbonyl (C=O) groups is 2. The lowest BCUT2D eigenvalue weighted by atomic mass is 10.3. The van der Waals surface area contributed by atoms with Crippen molar-refractivity contribution in [2.24, 2.45) is 0 Å². The molecule has 1 aromatic rings. The number of nitro groups is 1. The lowest BCUT2D eigenvalue weighted by molar-refractivity contribution is -0.384. The Bertz CT molecular complexity index is 533. The van der Waals surface area contributed by atoms with Crippen LogP contribution in [-0.4, -0.2) is 35.2 Å². The predicted octanol–water partition coefficient (Wildman–Crippen LogP) is 2.14. The van der Waals surface area contributed by atoms with Gasteiger partial charge in [-0.1, -0.05) is 6.92 Å². The summed E-state index contributed by atoms with van der Waals surface area (Å²) in [5.74, 6) is -0.804. The molecule has 0 aliphatic carbocycles. The molecule has 1 atom stereocenters. The molecule has 1 aromatic carbocycles. The van der Waals surface area contributed by atoms with Gasteiger partial charge in [-0.15, -0.1) is 11.8 Å². The zero-order valence-corrected chi connectivity index (χ0v) is 13.2. The summed E-state index contributed by atoms with van der Waals surface area (Å²) in [5, 5.41) is 13.2. The number of thioether (sulfide) groups is 1. The molecule has 0 radical (unpaired) electrons. The van der Waals surface area contributed by atoms with Gasteiger partial charge in [-0.05, 0) is 25.5 Å². The molecular weight excluding hydrogens is 308 g/mol. The minimum atomic E-state index is -0.837. The highest BCUT2D eigenvalue weighted by Crippen LogP contribution is 2.21. The van der Waals surface area contributed by atoms with Gasteiger partial charge < -0.3 is 10.1 Å². The summed E-state index contributed by atoms with van der Waals surface area (Å²) in [6, 6.07) is 5.86. The second-order valence-corrected chi connectivity index (χ2v) is 5.51. The number of esters is 1. The Balaban J connectivity index is 2.39. The normalized spacial score (nSPS) is 11.5. The van der Waals surface area contributed by atoms with Crippen LogP contribution in [-0.2, 0) is 14.3 Å². The largest absolute Gasteiger partial charge is 0.452 e. The van der Waals surface area contributed by atoms with Crippen LogP contribution in [0.15, 0.2) is 29.2 Å². The third-order valence-corrected chi connectivity index (χ3v) is 3.62. The molecule has 0 fully saturated rings.